The van der Waals surface area contributed by atoms with Crippen molar-refractivity contribution >= 4 is 5.78 Å². The number of carbonyl (C=O) groups is 1. The summed E-state index contributed by atoms with van der Waals surface area (Å²) >= 11 is 0. The van der Waals surface area contributed by atoms with Crippen LogP contribution in [0.5, 0.6) is 0 Å². The second-order valence-electron chi connectivity index (χ2n) is 4.55. The quantitative estimate of drug-likeness (QED) is 0.689. The highest BCUT2D eigenvalue weighted by Crippen LogP contribution is 2.43. The van der Waals surface area contributed by atoms with E-state index in [0.29, 0.717) is 6.42 Å². The van der Waals surface area contributed by atoms with Crippen LogP contribution in [0.4, 0.5) is 0 Å². The summed E-state index contributed by atoms with van der Waals surface area (Å²) in [6, 6.07) is 0. The molecule has 0 aromatic carbocycles. The molecule has 0 fully saturated rings. The molecule has 0 amide bonds. The normalized spacial score (nSPS) is 30.2. The van der Waals surface area contributed by atoms with Gasteiger partial charge in [-0.2, -0.15) is 0 Å². The lowest BCUT2D eigenvalue weighted by Crippen LogP contribution is -2.33. The van der Waals surface area contributed by atoms with Crippen LogP contribution in [0.2, 0.25) is 0 Å². The van der Waals surface area contributed by atoms with E-state index in [-0.39, 0.29) is 18.3 Å². The zero-order chi connectivity index (χ0) is 10.3. The van der Waals surface area contributed by atoms with Crippen molar-refractivity contribution in [3.8, 4) is 0 Å². The second-order valence-corrected chi connectivity index (χ2v) is 4.55. The van der Waals surface area contributed by atoms with E-state index < -0.39 is 5.60 Å². The Hall–Kier alpha value is -0.830. The molecular formula is C11H16O3. The Balaban J connectivity index is 2.37. The number of hydrogen-bond acceptors (Lipinski definition) is 3. The van der Waals surface area contributed by atoms with E-state index in [1.165, 1.54) is 0 Å². The summed E-state index contributed by atoms with van der Waals surface area (Å²) in [5.74, 6) is 0.853. The Morgan fingerprint density at radius 2 is 2.21 bits per heavy atom. The summed E-state index contributed by atoms with van der Waals surface area (Å²) in [4.78, 5) is 11.7. The number of ketones is 1. The fraction of sp³-hybridized carbons (Fsp3) is 0.727. The van der Waals surface area contributed by atoms with E-state index >= 15 is 0 Å². The topological polar surface area (TPSA) is 46.5 Å². The van der Waals surface area contributed by atoms with Crippen LogP contribution >= 0.6 is 0 Å². The number of aliphatic hydroxyl groups is 1. The number of aliphatic hydroxyl groups excluding tert-OH is 1. The van der Waals surface area contributed by atoms with Gasteiger partial charge in [0.25, 0.3) is 0 Å². The summed E-state index contributed by atoms with van der Waals surface area (Å²) < 4.78 is 5.73. The molecule has 1 aliphatic carbocycles. The third-order valence-electron chi connectivity index (χ3n) is 3.16. The van der Waals surface area contributed by atoms with Crippen molar-refractivity contribution in [2.75, 3.05) is 6.61 Å². The van der Waals surface area contributed by atoms with Gasteiger partial charge in [0.2, 0.25) is 0 Å². The average Bonchev–Trinajstić information content (AvgIpc) is 2.36. The highest BCUT2D eigenvalue weighted by atomic mass is 16.5. The molecule has 14 heavy (non-hydrogen) atoms. The van der Waals surface area contributed by atoms with E-state index in [4.69, 9.17) is 4.74 Å². The maximum absolute atomic E-state index is 11.7. The number of hydrogen-bond donors (Lipinski definition) is 1. The fourth-order valence-corrected chi connectivity index (χ4v) is 2.38. The molecule has 1 atom stereocenters. The van der Waals surface area contributed by atoms with E-state index in [2.05, 4.69) is 0 Å². The lowest BCUT2D eigenvalue weighted by atomic mass is 9.82. The van der Waals surface area contributed by atoms with Crippen LogP contribution in [0.1, 0.15) is 33.1 Å². The number of allylic oxidation sites excluding steroid dienone is 1. The van der Waals surface area contributed by atoms with E-state index in [0.717, 1.165) is 24.2 Å². The first-order valence-corrected chi connectivity index (χ1v) is 5.12. The number of ether oxygens (including phenoxy) is 1. The SMILES string of the molecule is CC1(C)OC2=C(C(=O)CCC2)C1CO. The predicted molar refractivity (Wildman–Crippen MR) is 51.6 cm³/mol. The minimum Gasteiger partial charge on any atom is -0.491 e. The molecule has 0 saturated carbocycles. The molecule has 1 aliphatic heterocycles. The van der Waals surface area contributed by atoms with Crippen molar-refractivity contribution in [2.24, 2.45) is 5.92 Å². The zero-order valence-corrected chi connectivity index (χ0v) is 8.67. The summed E-state index contributed by atoms with van der Waals surface area (Å²) in [7, 11) is 0. The zero-order valence-electron chi connectivity index (χ0n) is 8.67. The molecule has 1 unspecified atom stereocenters. The highest BCUT2D eigenvalue weighted by molar-refractivity contribution is 5.97. The largest absolute Gasteiger partial charge is 0.491 e. The lowest BCUT2D eigenvalue weighted by molar-refractivity contribution is -0.116. The Labute approximate surface area is 83.8 Å². The smallest absolute Gasteiger partial charge is 0.162 e. The van der Waals surface area contributed by atoms with Gasteiger partial charge >= 0.3 is 0 Å². The fourth-order valence-electron chi connectivity index (χ4n) is 2.38. The number of carbonyl (C=O) groups excluding carboxylic acids is 1. The van der Waals surface area contributed by atoms with Crippen LogP contribution in [0, 0.1) is 5.92 Å². The molecule has 0 bridgehead atoms. The van der Waals surface area contributed by atoms with Gasteiger partial charge < -0.3 is 9.84 Å². The van der Waals surface area contributed by atoms with Crippen molar-refractivity contribution in [3.05, 3.63) is 11.3 Å². The van der Waals surface area contributed by atoms with Crippen LogP contribution in [-0.2, 0) is 9.53 Å². The van der Waals surface area contributed by atoms with Crippen LogP contribution in [0.3, 0.4) is 0 Å². The van der Waals surface area contributed by atoms with Gasteiger partial charge in [-0.3, -0.25) is 4.79 Å². The minimum absolute atomic E-state index is 0.00241. The summed E-state index contributed by atoms with van der Waals surface area (Å²) in [5, 5.41) is 9.29. The third-order valence-corrected chi connectivity index (χ3v) is 3.16. The molecule has 2 aliphatic rings. The molecule has 0 spiro atoms. The Morgan fingerprint density at radius 1 is 1.50 bits per heavy atom. The third kappa shape index (κ3) is 1.27. The summed E-state index contributed by atoms with van der Waals surface area (Å²) in [5.41, 5.74) is 0.336. The van der Waals surface area contributed by atoms with Crippen LogP contribution < -0.4 is 0 Å². The first-order valence-electron chi connectivity index (χ1n) is 5.12. The molecule has 0 aromatic heterocycles. The van der Waals surface area contributed by atoms with Gasteiger partial charge in [-0.15, -0.1) is 0 Å². The van der Waals surface area contributed by atoms with Gasteiger partial charge in [0.05, 0.1) is 12.5 Å². The molecule has 2 rings (SSSR count). The van der Waals surface area contributed by atoms with Crippen LogP contribution in [-0.4, -0.2) is 23.1 Å². The van der Waals surface area contributed by atoms with Gasteiger partial charge in [0, 0.05) is 18.4 Å². The molecule has 3 nitrogen and oxygen atoms in total. The van der Waals surface area contributed by atoms with Gasteiger partial charge in [0.15, 0.2) is 5.78 Å². The molecular weight excluding hydrogens is 180 g/mol. The summed E-state index contributed by atoms with van der Waals surface area (Å²) in [6.45, 7) is 3.86. The van der Waals surface area contributed by atoms with Crippen molar-refractivity contribution in [2.45, 2.75) is 38.7 Å². The minimum atomic E-state index is -0.417. The Bertz CT molecular complexity index is 302. The number of Topliss-reactive ketones (excluding diaryl/α,β-unsaturated/α-hetero) is 1. The monoisotopic (exact) mass is 196 g/mol. The lowest BCUT2D eigenvalue weighted by Gasteiger charge is -2.26. The van der Waals surface area contributed by atoms with Crippen molar-refractivity contribution in [1.82, 2.24) is 0 Å². The van der Waals surface area contributed by atoms with Crippen LogP contribution in [0.15, 0.2) is 11.3 Å². The van der Waals surface area contributed by atoms with E-state index in [1.807, 2.05) is 13.8 Å². The van der Waals surface area contributed by atoms with Crippen molar-refractivity contribution in [1.29, 1.82) is 0 Å². The predicted octanol–water partition coefficient (Wildman–Crippen LogP) is 1.41. The first-order chi connectivity index (χ1) is 6.56. The Kier molecular flexibility index (Phi) is 2.14. The number of rotatable bonds is 1. The van der Waals surface area contributed by atoms with Crippen molar-refractivity contribution in [3.63, 3.8) is 0 Å². The Morgan fingerprint density at radius 3 is 2.86 bits per heavy atom. The van der Waals surface area contributed by atoms with Gasteiger partial charge in [-0.1, -0.05) is 0 Å². The molecule has 0 saturated heterocycles. The van der Waals surface area contributed by atoms with Gasteiger partial charge in [-0.25, -0.2) is 0 Å². The molecule has 3 heteroatoms. The maximum atomic E-state index is 11.7. The molecule has 78 valence electrons. The van der Waals surface area contributed by atoms with E-state index in [9.17, 15) is 9.90 Å². The first kappa shape index (κ1) is 9.71. The van der Waals surface area contributed by atoms with E-state index in [1.54, 1.807) is 0 Å². The summed E-state index contributed by atoms with van der Waals surface area (Å²) in [6.07, 6.45) is 2.33. The maximum Gasteiger partial charge on any atom is 0.162 e. The standard InChI is InChI=1S/C11H16O3/c1-11(2)7(6-12)10-8(13)4-3-5-9(10)14-11/h7,12H,3-6H2,1-2H3. The molecule has 0 aromatic rings. The average molecular weight is 196 g/mol. The molecule has 0 radical (unpaired) electrons. The highest BCUT2D eigenvalue weighted by Gasteiger charge is 2.45. The molecule has 1 N–H and O–H groups in total. The second kappa shape index (κ2) is 3.09. The van der Waals surface area contributed by atoms with Crippen molar-refractivity contribution < 1.29 is 14.6 Å². The van der Waals surface area contributed by atoms with Gasteiger partial charge in [0.1, 0.15) is 11.4 Å². The van der Waals surface area contributed by atoms with Gasteiger partial charge in [-0.05, 0) is 20.3 Å². The van der Waals surface area contributed by atoms with Crippen LogP contribution in [0.25, 0.3) is 0 Å². The molecule has 1 heterocycles.